The number of fused-ring (bicyclic) bond motifs is 1. The highest BCUT2D eigenvalue weighted by atomic mass is 16.5. The number of likely N-dealkylation sites (tertiary alicyclic amines) is 1. The lowest BCUT2D eigenvalue weighted by Crippen LogP contribution is -2.35. The molecule has 0 radical (unpaired) electrons. The van der Waals surface area contributed by atoms with Crippen LogP contribution in [0, 0.1) is 0 Å². The highest BCUT2D eigenvalue weighted by molar-refractivity contribution is 5.77. The molecule has 160 valence electrons. The number of methoxy groups -OCH3 is 1. The lowest BCUT2D eigenvalue weighted by atomic mass is 10.00. The van der Waals surface area contributed by atoms with Gasteiger partial charge in [-0.15, -0.1) is 0 Å². The molecule has 2 heterocycles. The Hall–Kier alpha value is -2.69. The van der Waals surface area contributed by atoms with E-state index in [9.17, 15) is 4.79 Å². The van der Waals surface area contributed by atoms with Crippen LogP contribution in [0.4, 0.5) is 0 Å². The summed E-state index contributed by atoms with van der Waals surface area (Å²) in [6.07, 6.45) is 6.53. The minimum atomic E-state index is 0.148. The zero-order valence-corrected chi connectivity index (χ0v) is 17.8. The number of aryl methyl sites for hydroxylation is 1. The topological polar surface area (TPSA) is 48.0 Å². The first-order valence-corrected chi connectivity index (χ1v) is 11.1. The third kappa shape index (κ3) is 4.89. The van der Waals surface area contributed by atoms with Crippen LogP contribution in [0.2, 0.25) is 0 Å². The first-order valence-electron chi connectivity index (χ1n) is 11.1. The fourth-order valence-electron chi connectivity index (χ4n) is 4.34. The Balaban J connectivity index is 1.44. The largest absolute Gasteiger partial charge is 0.497 e. The van der Waals surface area contributed by atoms with Gasteiger partial charge in [0.25, 0.3) is 0 Å². The number of carbonyl (C=O) groups is 1. The van der Waals surface area contributed by atoms with Crippen LogP contribution < -0.4 is 14.2 Å². The summed E-state index contributed by atoms with van der Waals surface area (Å²) in [5.41, 5.74) is 2.31. The maximum absolute atomic E-state index is 13.2. The van der Waals surface area contributed by atoms with Crippen molar-refractivity contribution in [3.63, 3.8) is 0 Å². The standard InChI is InChI=1S/C25H31NO4/c1-28-21-11-9-20(10-12-21)22-6-3-2-4-15-26(22)25(27)14-8-19-7-13-23-24(18-19)30-17-5-16-29-23/h7,9-13,18,22H,2-6,8,14-17H2,1H3. The Morgan fingerprint density at radius 3 is 2.60 bits per heavy atom. The second-order valence-corrected chi connectivity index (χ2v) is 8.06. The summed E-state index contributed by atoms with van der Waals surface area (Å²) in [6, 6.07) is 14.3. The first kappa shape index (κ1) is 20.6. The molecule has 1 saturated heterocycles. The van der Waals surface area contributed by atoms with Gasteiger partial charge >= 0.3 is 0 Å². The molecule has 30 heavy (non-hydrogen) atoms. The van der Waals surface area contributed by atoms with Crippen LogP contribution in [-0.4, -0.2) is 37.7 Å². The molecule has 0 spiro atoms. The third-order valence-corrected chi connectivity index (χ3v) is 6.01. The molecule has 2 aromatic rings. The van der Waals surface area contributed by atoms with Gasteiger partial charge in [0, 0.05) is 19.4 Å². The summed E-state index contributed by atoms with van der Waals surface area (Å²) in [5, 5.41) is 0. The summed E-state index contributed by atoms with van der Waals surface area (Å²) in [6.45, 7) is 2.19. The molecular weight excluding hydrogens is 378 g/mol. The zero-order chi connectivity index (χ0) is 20.8. The van der Waals surface area contributed by atoms with Crippen molar-refractivity contribution in [2.75, 3.05) is 26.9 Å². The predicted molar refractivity (Wildman–Crippen MR) is 116 cm³/mol. The van der Waals surface area contributed by atoms with Crippen molar-refractivity contribution < 1.29 is 19.0 Å². The van der Waals surface area contributed by atoms with Gasteiger partial charge in [0.2, 0.25) is 5.91 Å². The fourth-order valence-corrected chi connectivity index (χ4v) is 4.34. The highest BCUT2D eigenvalue weighted by Gasteiger charge is 2.26. The lowest BCUT2D eigenvalue weighted by Gasteiger charge is -2.31. The van der Waals surface area contributed by atoms with Crippen molar-refractivity contribution >= 4 is 5.91 Å². The molecule has 1 unspecified atom stereocenters. The van der Waals surface area contributed by atoms with E-state index in [4.69, 9.17) is 14.2 Å². The number of rotatable bonds is 5. The van der Waals surface area contributed by atoms with E-state index in [1.807, 2.05) is 30.3 Å². The molecule has 1 fully saturated rings. The highest BCUT2D eigenvalue weighted by Crippen LogP contribution is 2.33. The Bertz CT molecular complexity index is 849. The first-order chi connectivity index (χ1) is 14.7. The molecule has 5 heteroatoms. The average Bonchev–Trinajstić information content (AvgIpc) is 3.18. The van der Waals surface area contributed by atoms with Gasteiger partial charge in [-0.05, 0) is 54.7 Å². The monoisotopic (exact) mass is 409 g/mol. The quantitative estimate of drug-likeness (QED) is 0.702. The zero-order valence-electron chi connectivity index (χ0n) is 17.8. The Kier molecular flexibility index (Phi) is 6.77. The third-order valence-electron chi connectivity index (χ3n) is 6.01. The normalized spacial score (nSPS) is 19.0. The van der Waals surface area contributed by atoms with Crippen LogP contribution in [0.5, 0.6) is 17.2 Å². The van der Waals surface area contributed by atoms with Crippen molar-refractivity contribution in [2.24, 2.45) is 0 Å². The van der Waals surface area contributed by atoms with E-state index in [1.54, 1.807) is 7.11 Å². The summed E-state index contributed by atoms with van der Waals surface area (Å²) >= 11 is 0. The number of amides is 1. The number of benzene rings is 2. The molecule has 1 atom stereocenters. The molecule has 0 aliphatic carbocycles. The second kappa shape index (κ2) is 9.88. The molecule has 0 bridgehead atoms. The maximum atomic E-state index is 13.2. The minimum absolute atomic E-state index is 0.148. The Morgan fingerprint density at radius 2 is 1.80 bits per heavy atom. The fraction of sp³-hybridized carbons (Fsp3) is 0.480. The summed E-state index contributed by atoms with van der Waals surface area (Å²) < 4.78 is 16.8. The van der Waals surface area contributed by atoms with Crippen LogP contribution in [-0.2, 0) is 11.2 Å². The molecule has 1 amide bonds. The van der Waals surface area contributed by atoms with Crippen molar-refractivity contribution in [1.29, 1.82) is 0 Å². The van der Waals surface area contributed by atoms with E-state index in [1.165, 1.54) is 12.0 Å². The molecule has 4 rings (SSSR count). The Labute approximate surface area is 178 Å². The van der Waals surface area contributed by atoms with Gasteiger partial charge < -0.3 is 19.1 Å². The summed E-state index contributed by atoms with van der Waals surface area (Å²) in [4.78, 5) is 15.3. The molecule has 2 aromatic carbocycles. The van der Waals surface area contributed by atoms with Crippen molar-refractivity contribution in [3.8, 4) is 17.2 Å². The predicted octanol–water partition coefficient (Wildman–Crippen LogP) is 4.93. The number of hydrogen-bond donors (Lipinski definition) is 0. The second-order valence-electron chi connectivity index (χ2n) is 8.06. The molecular formula is C25H31NO4. The molecule has 2 aliphatic rings. The summed E-state index contributed by atoms with van der Waals surface area (Å²) in [7, 11) is 1.68. The minimum Gasteiger partial charge on any atom is -0.497 e. The molecule has 0 N–H and O–H groups in total. The smallest absolute Gasteiger partial charge is 0.223 e. The van der Waals surface area contributed by atoms with Gasteiger partial charge in [-0.3, -0.25) is 4.79 Å². The van der Waals surface area contributed by atoms with Crippen molar-refractivity contribution in [1.82, 2.24) is 4.90 Å². The van der Waals surface area contributed by atoms with Crippen LogP contribution in [0.1, 0.15) is 55.7 Å². The van der Waals surface area contributed by atoms with Gasteiger partial charge in [0.15, 0.2) is 11.5 Å². The van der Waals surface area contributed by atoms with Gasteiger partial charge in [0.1, 0.15) is 5.75 Å². The van der Waals surface area contributed by atoms with Crippen molar-refractivity contribution in [3.05, 3.63) is 53.6 Å². The van der Waals surface area contributed by atoms with E-state index in [0.717, 1.165) is 55.0 Å². The van der Waals surface area contributed by atoms with E-state index < -0.39 is 0 Å². The number of hydrogen-bond acceptors (Lipinski definition) is 4. The van der Waals surface area contributed by atoms with Gasteiger partial charge in [-0.1, -0.05) is 31.0 Å². The summed E-state index contributed by atoms with van der Waals surface area (Å²) in [5.74, 6) is 2.67. The van der Waals surface area contributed by atoms with E-state index in [2.05, 4.69) is 17.0 Å². The van der Waals surface area contributed by atoms with Crippen molar-refractivity contribution in [2.45, 2.75) is 51.0 Å². The van der Waals surface area contributed by atoms with Crippen LogP contribution in [0.15, 0.2) is 42.5 Å². The van der Waals surface area contributed by atoms with E-state index in [-0.39, 0.29) is 11.9 Å². The number of nitrogens with zero attached hydrogens (tertiary/aromatic N) is 1. The van der Waals surface area contributed by atoms with Crippen LogP contribution in [0.3, 0.4) is 0 Å². The molecule has 2 aliphatic heterocycles. The molecule has 0 saturated carbocycles. The van der Waals surface area contributed by atoms with Crippen LogP contribution >= 0.6 is 0 Å². The molecule has 0 aromatic heterocycles. The molecule has 5 nitrogen and oxygen atoms in total. The van der Waals surface area contributed by atoms with E-state index in [0.29, 0.717) is 26.1 Å². The van der Waals surface area contributed by atoms with E-state index >= 15 is 0 Å². The number of carbonyl (C=O) groups excluding carboxylic acids is 1. The van der Waals surface area contributed by atoms with Crippen LogP contribution in [0.25, 0.3) is 0 Å². The average molecular weight is 410 g/mol. The maximum Gasteiger partial charge on any atom is 0.223 e. The van der Waals surface area contributed by atoms with Gasteiger partial charge in [-0.2, -0.15) is 0 Å². The SMILES string of the molecule is COc1ccc(C2CCCCCN2C(=O)CCc2ccc3c(c2)OCCCO3)cc1. The van der Waals surface area contributed by atoms with Gasteiger partial charge in [0.05, 0.1) is 26.4 Å². The Morgan fingerprint density at radius 1 is 1.00 bits per heavy atom. The number of ether oxygens (including phenoxy) is 3. The van der Waals surface area contributed by atoms with Gasteiger partial charge in [-0.25, -0.2) is 0 Å². The lowest BCUT2D eigenvalue weighted by molar-refractivity contribution is -0.133.